The Morgan fingerprint density at radius 3 is 2.72 bits per heavy atom. The quantitative estimate of drug-likeness (QED) is 0.727. The highest BCUT2D eigenvalue weighted by Crippen LogP contribution is 2.36. The van der Waals surface area contributed by atoms with Gasteiger partial charge < -0.3 is 4.74 Å². The third-order valence-corrected chi connectivity index (χ3v) is 3.39. The first-order chi connectivity index (χ1) is 8.29. The van der Waals surface area contributed by atoms with E-state index in [-0.39, 0.29) is 0 Å². The van der Waals surface area contributed by atoms with Crippen molar-refractivity contribution in [2.24, 2.45) is 0 Å². The predicted octanol–water partition coefficient (Wildman–Crippen LogP) is 3.89. The summed E-state index contributed by atoms with van der Waals surface area (Å²) in [7, 11) is 0. The lowest BCUT2D eigenvalue weighted by Crippen LogP contribution is -2.36. The number of carbonyl (C=O) groups excluding carboxylic acids is 1. The molecule has 1 aromatic carbocycles. The van der Waals surface area contributed by atoms with Crippen LogP contribution in [0.2, 0.25) is 0 Å². The van der Waals surface area contributed by atoms with Crippen molar-refractivity contribution >= 4 is 27.7 Å². The Hall–Kier alpha value is -1.10. The van der Waals surface area contributed by atoms with Gasteiger partial charge >= 0.3 is 6.09 Å². The molecule has 3 nitrogen and oxygen atoms in total. The van der Waals surface area contributed by atoms with E-state index < -0.39 is 17.5 Å². The van der Waals surface area contributed by atoms with Crippen molar-refractivity contribution in [3.63, 3.8) is 0 Å². The van der Waals surface area contributed by atoms with Gasteiger partial charge in [-0.1, -0.05) is 15.9 Å². The number of amides is 1. The lowest BCUT2D eigenvalue weighted by atomic mass is 10.1. The van der Waals surface area contributed by atoms with Crippen molar-refractivity contribution < 1.29 is 13.9 Å². The minimum atomic E-state index is -0.581. The molecule has 0 saturated heterocycles. The summed E-state index contributed by atoms with van der Waals surface area (Å²) in [6, 6.07) is 3.01. The second kappa shape index (κ2) is 4.53. The lowest BCUT2D eigenvalue weighted by Gasteiger charge is -2.25. The molecule has 1 aliphatic rings. The molecule has 0 atom stereocenters. The van der Waals surface area contributed by atoms with Gasteiger partial charge in [-0.3, -0.25) is 4.90 Å². The van der Waals surface area contributed by atoms with Gasteiger partial charge in [-0.15, -0.1) is 0 Å². The van der Waals surface area contributed by atoms with Crippen molar-refractivity contribution in [2.75, 3.05) is 11.4 Å². The smallest absolute Gasteiger partial charge is 0.414 e. The van der Waals surface area contributed by atoms with Gasteiger partial charge in [0.25, 0.3) is 0 Å². The zero-order chi connectivity index (χ0) is 13.5. The summed E-state index contributed by atoms with van der Waals surface area (Å²) in [5, 5.41) is 0. The molecule has 0 fully saturated rings. The summed E-state index contributed by atoms with van der Waals surface area (Å²) < 4.78 is 19.9. The van der Waals surface area contributed by atoms with Crippen LogP contribution in [-0.4, -0.2) is 18.2 Å². The number of halogens is 2. The van der Waals surface area contributed by atoms with Crippen LogP contribution < -0.4 is 4.90 Å². The van der Waals surface area contributed by atoms with Crippen LogP contribution >= 0.6 is 15.9 Å². The van der Waals surface area contributed by atoms with Crippen LogP contribution in [0.4, 0.5) is 14.9 Å². The SMILES string of the molecule is CC(C)(C)OC(=O)N1CCc2c(Br)ccc(F)c21. The molecule has 1 heterocycles. The van der Waals surface area contributed by atoms with Crippen LogP contribution in [-0.2, 0) is 11.2 Å². The van der Waals surface area contributed by atoms with Crippen molar-refractivity contribution in [3.05, 3.63) is 28.0 Å². The summed E-state index contributed by atoms with van der Waals surface area (Å²) in [4.78, 5) is 13.4. The van der Waals surface area contributed by atoms with Gasteiger partial charge in [-0.25, -0.2) is 9.18 Å². The fourth-order valence-electron chi connectivity index (χ4n) is 1.95. The van der Waals surface area contributed by atoms with E-state index in [1.807, 2.05) is 0 Å². The molecule has 0 radical (unpaired) electrons. The Bertz CT molecular complexity index is 496. The fourth-order valence-corrected chi connectivity index (χ4v) is 2.47. The second-order valence-corrected chi connectivity index (χ2v) is 6.09. The Balaban J connectivity index is 2.32. The van der Waals surface area contributed by atoms with Crippen LogP contribution in [0, 0.1) is 5.82 Å². The molecule has 1 amide bonds. The van der Waals surface area contributed by atoms with Crippen LogP contribution in [0.3, 0.4) is 0 Å². The normalized spacial score (nSPS) is 14.6. The number of benzene rings is 1. The third-order valence-electron chi connectivity index (χ3n) is 2.65. The number of anilines is 1. The monoisotopic (exact) mass is 315 g/mol. The summed E-state index contributed by atoms with van der Waals surface area (Å²) in [5.41, 5.74) is 0.571. The number of hydrogen-bond donors (Lipinski definition) is 0. The van der Waals surface area contributed by atoms with E-state index in [9.17, 15) is 9.18 Å². The number of rotatable bonds is 0. The summed E-state index contributed by atoms with van der Waals surface area (Å²) >= 11 is 3.37. The Kier molecular flexibility index (Phi) is 3.36. The maximum atomic E-state index is 13.8. The number of nitrogens with zero attached hydrogens (tertiary/aromatic N) is 1. The van der Waals surface area contributed by atoms with Crippen molar-refractivity contribution in [1.29, 1.82) is 0 Å². The van der Waals surface area contributed by atoms with Crippen LogP contribution in [0.5, 0.6) is 0 Å². The summed E-state index contributed by atoms with van der Waals surface area (Å²) in [6.07, 6.45) is 0.130. The third kappa shape index (κ3) is 2.51. The maximum Gasteiger partial charge on any atom is 0.414 e. The first-order valence-electron chi connectivity index (χ1n) is 5.77. The number of ether oxygens (including phenoxy) is 1. The molecule has 0 unspecified atom stereocenters. The molecule has 0 aromatic heterocycles. The van der Waals surface area contributed by atoms with Gasteiger partial charge in [0.1, 0.15) is 11.4 Å². The Labute approximate surface area is 114 Å². The van der Waals surface area contributed by atoms with Gasteiger partial charge in [0.15, 0.2) is 0 Å². The lowest BCUT2D eigenvalue weighted by molar-refractivity contribution is 0.0583. The molecule has 0 aliphatic carbocycles. The van der Waals surface area contributed by atoms with E-state index in [1.54, 1.807) is 26.8 Å². The van der Waals surface area contributed by atoms with E-state index in [2.05, 4.69) is 15.9 Å². The maximum absolute atomic E-state index is 13.8. The zero-order valence-corrected chi connectivity index (χ0v) is 12.2. The molecule has 0 spiro atoms. The molecule has 1 aromatic rings. The van der Waals surface area contributed by atoms with E-state index in [0.717, 1.165) is 10.0 Å². The van der Waals surface area contributed by atoms with E-state index in [4.69, 9.17) is 4.74 Å². The number of fused-ring (bicyclic) bond motifs is 1. The van der Waals surface area contributed by atoms with Gasteiger partial charge in [0.05, 0.1) is 5.69 Å². The molecule has 98 valence electrons. The summed E-state index contributed by atoms with van der Waals surface area (Å²) in [6.45, 7) is 5.82. The first-order valence-corrected chi connectivity index (χ1v) is 6.56. The average molecular weight is 316 g/mol. The van der Waals surface area contributed by atoms with E-state index in [0.29, 0.717) is 18.7 Å². The van der Waals surface area contributed by atoms with Gasteiger partial charge in [0.2, 0.25) is 0 Å². The molecule has 0 bridgehead atoms. The Morgan fingerprint density at radius 2 is 2.11 bits per heavy atom. The molecule has 0 N–H and O–H groups in total. The highest BCUT2D eigenvalue weighted by molar-refractivity contribution is 9.10. The second-order valence-electron chi connectivity index (χ2n) is 5.24. The van der Waals surface area contributed by atoms with Crippen LogP contribution in [0.1, 0.15) is 26.3 Å². The molecule has 1 aliphatic heterocycles. The fraction of sp³-hybridized carbons (Fsp3) is 0.462. The Morgan fingerprint density at radius 1 is 1.44 bits per heavy atom. The largest absolute Gasteiger partial charge is 0.443 e. The van der Waals surface area contributed by atoms with Crippen molar-refractivity contribution in [3.8, 4) is 0 Å². The molecular weight excluding hydrogens is 301 g/mol. The minimum Gasteiger partial charge on any atom is -0.443 e. The van der Waals surface area contributed by atoms with Gasteiger partial charge in [0, 0.05) is 11.0 Å². The average Bonchev–Trinajstić information content (AvgIpc) is 2.66. The highest BCUT2D eigenvalue weighted by Gasteiger charge is 2.32. The molecule has 18 heavy (non-hydrogen) atoms. The van der Waals surface area contributed by atoms with Crippen molar-refractivity contribution in [2.45, 2.75) is 32.8 Å². The van der Waals surface area contributed by atoms with E-state index >= 15 is 0 Å². The molecule has 5 heteroatoms. The summed E-state index contributed by atoms with van der Waals surface area (Å²) in [5.74, 6) is -0.392. The number of hydrogen-bond acceptors (Lipinski definition) is 2. The minimum absolute atomic E-state index is 0.332. The van der Waals surface area contributed by atoms with E-state index in [1.165, 1.54) is 11.0 Å². The molecule has 0 saturated carbocycles. The van der Waals surface area contributed by atoms with Crippen LogP contribution in [0.25, 0.3) is 0 Å². The molecule has 2 rings (SSSR count). The first kappa shape index (κ1) is 13.3. The topological polar surface area (TPSA) is 29.5 Å². The van der Waals surface area contributed by atoms with Crippen LogP contribution in [0.15, 0.2) is 16.6 Å². The number of carbonyl (C=O) groups is 1. The predicted molar refractivity (Wildman–Crippen MR) is 71.4 cm³/mol. The highest BCUT2D eigenvalue weighted by atomic mass is 79.9. The molecular formula is C13H15BrFNO2. The van der Waals surface area contributed by atoms with Gasteiger partial charge in [-0.2, -0.15) is 0 Å². The van der Waals surface area contributed by atoms with Crippen molar-refractivity contribution in [1.82, 2.24) is 0 Å². The zero-order valence-electron chi connectivity index (χ0n) is 10.6. The standard InChI is InChI=1S/C13H15BrFNO2/c1-13(2,3)18-12(17)16-7-6-8-9(14)4-5-10(15)11(8)16/h4-5H,6-7H2,1-3H3. The van der Waals surface area contributed by atoms with Gasteiger partial charge in [-0.05, 0) is 44.9 Å².